The van der Waals surface area contributed by atoms with E-state index in [1.165, 1.54) is 0 Å². The second-order valence-electron chi connectivity index (χ2n) is 9.58. The summed E-state index contributed by atoms with van der Waals surface area (Å²) in [7, 11) is 2.06. The number of nitrogens with zero attached hydrogens (tertiary/aromatic N) is 3. The van der Waals surface area contributed by atoms with Crippen molar-refractivity contribution in [3.63, 3.8) is 0 Å². The fourth-order valence-corrected chi connectivity index (χ4v) is 5.61. The molecular formula is C20H33N5O2. The van der Waals surface area contributed by atoms with E-state index >= 15 is 0 Å². The summed E-state index contributed by atoms with van der Waals surface area (Å²) in [6, 6.07) is 0.980. The number of hydrazine groups is 2. The number of piperazine rings is 1. The van der Waals surface area contributed by atoms with Gasteiger partial charge in [0.1, 0.15) is 0 Å². The van der Waals surface area contributed by atoms with Crippen molar-refractivity contribution in [1.82, 2.24) is 25.8 Å². The third-order valence-electron chi connectivity index (χ3n) is 7.39. The summed E-state index contributed by atoms with van der Waals surface area (Å²) in [5, 5.41) is 2.09. The Kier molecular flexibility index (Phi) is 4.44. The molecule has 0 bridgehead atoms. The van der Waals surface area contributed by atoms with Gasteiger partial charge in [0.2, 0.25) is 11.8 Å². The number of hydrogen-bond donors (Lipinski definition) is 2. The predicted octanol–water partition coefficient (Wildman–Crippen LogP) is 0.726. The van der Waals surface area contributed by atoms with E-state index in [0.717, 1.165) is 58.0 Å². The third kappa shape index (κ3) is 3.28. The molecule has 5 atom stereocenters. The van der Waals surface area contributed by atoms with Crippen LogP contribution in [0, 0.1) is 17.8 Å². The number of hydrogen-bond acceptors (Lipinski definition) is 5. The van der Waals surface area contributed by atoms with Crippen LogP contribution in [-0.2, 0) is 9.59 Å². The number of rotatable bonds is 3. The average molecular weight is 376 g/mol. The molecule has 150 valence electrons. The zero-order valence-corrected chi connectivity index (χ0v) is 16.6. The van der Waals surface area contributed by atoms with E-state index in [4.69, 9.17) is 0 Å². The van der Waals surface area contributed by atoms with Gasteiger partial charge in [-0.2, -0.15) is 5.53 Å². The lowest BCUT2D eigenvalue weighted by Gasteiger charge is -2.55. The molecular weight excluding hydrogens is 342 g/mol. The summed E-state index contributed by atoms with van der Waals surface area (Å²) >= 11 is 0. The van der Waals surface area contributed by atoms with E-state index in [1.54, 1.807) is 0 Å². The number of carbonyl (C=O) groups is 2. The first-order valence-corrected chi connectivity index (χ1v) is 10.9. The van der Waals surface area contributed by atoms with Crippen LogP contribution in [0.2, 0.25) is 0 Å². The minimum absolute atomic E-state index is 0.149. The maximum Gasteiger partial charge on any atom is 0.226 e. The largest absolute Gasteiger partial charge is 0.335 e. The van der Waals surface area contributed by atoms with Gasteiger partial charge in [0.05, 0.1) is 12.1 Å². The van der Waals surface area contributed by atoms with Crippen LogP contribution in [0.1, 0.15) is 51.9 Å². The second kappa shape index (κ2) is 6.71. The van der Waals surface area contributed by atoms with Gasteiger partial charge in [-0.3, -0.25) is 9.59 Å². The van der Waals surface area contributed by atoms with Gasteiger partial charge in [-0.1, -0.05) is 0 Å². The topological polar surface area (TPSA) is 67.9 Å². The van der Waals surface area contributed by atoms with Gasteiger partial charge in [-0.15, -0.1) is 0 Å². The second-order valence-corrected chi connectivity index (χ2v) is 9.58. The quantitative estimate of drug-likeness (QED) is 0.761. The number of fused-ring (bicyclic) bond motifs is 1. The maximum atomic E-state index is 13.0. The van der Waals surface area contributed by atoms with Gasteiger partial charge in [-0.25, -0.2) is 10.4 Å². The van der Waals surface area contributed by atoms with Crippen LogP contribution in [-0.4, -0.2) is 70.9 Å². The van der Waals surface area contributed by atoms with Crippen molar-refractivity contribution in [3.05, 3.63) is 0 Å². The summed E-state index contributed by atoms with van der Waals surface area (Å²) in [6.07, 6.45) is 7.36. The Labute approximate surface area is 161 Å². The van der Waals surface area contributed by atoms with Crippen molar-refractivity contribution < 1.29 is 9.59 Å². The van der Waals surface area contributed by atoms with Crippen LogP contribution in [0.5, 0.6) is 0 Å². The molecule has 3 aliphatic carbocycles. The van der Waals surface area contributed by atoms with Gasteiger partial charge in [0.25, 0.3) is 0 Å². The number of nitrogens with one attached hydrogen (secondary N) is 2. The lowest BCUT2D eigenvalue weighted by molar-refractivity contribution is -0.157. The summed E-state index contributed by atoms with van der Waals surface area (Å²) in [6.45, 7) is 3.85. The monoisotopic (exact) mass is 375 g/mol. The van der Waals surface area contributed by atoms with E-state index in [9.17, 15) is 9.59 Å². The van der Waals surface area contributed by atoms with Crippen molar-refractivity contribution in [2.75, 3.05) is 20.1 Å². The van der Waals surface area contributed by atoms with Crippen LogP contribution < -0.4 is 11.0 Å². The molecule has 7 heteroatoms. The molecule has 0 aromatic heterocycles. The molecule has 5 aliphatic rings. The Morgan fingerprint density at radius 1 is 0.889 bits per heavy atom. The molecule has 2 amide bonds. The lowest BCUT2D eigenvalue weighted by Crippen LogP contribution is -2.68. The Hall–Kier alpha value is -1.18. The van der Waals surface area contributed by atoms with Crippen molar-refractivity contribution in [2.24, 2.45) is 17.8 Å². The highest BCUT2D eigenvalue weighted by Gasteiger charge is 2.51. The molecule has 2 heterocycles. The summed E-state index contributed by atoms with van der Waals surface area (Å²) in [5.74, 6) is 1.76. The molecule has 0 radical (unpaired) electrons. The van der Waals surface area contributed by atoms with Gasteiger partial charge in [0.15, 0.2) is 0 Å². The van der Waals surface area contributed by atoms with E-state index in [0.29, 0.717) is 23.8 Å². The van der Waals surface area contributed by atoms with Gasteiger partial charge < -0.3 is 9.80 Å². The van der Waals surface area contributed by atoms with E-state index < -0.39 is 0 Å². The van der Waals surface area contributed by atoms with E-state index in [1.807, 2.05) is 0 Å². The lowest BCUT2D eigenvalue weighted by atomic mass is 9.75. The van der Waals surface area contributed by atoms with E-state index in [2.05, 4.69) is 39.7 Å². The molecule has 5 rings (SSSR count). The Balaban J connectivity index is 1.38. The fourth-order valence-electron chi connectivity index (χ4n) is 5.61. The smallest absolute Gasteiger partial charge is 0.226 e. The van der Waals surface area contributed by atoms with Crippen LogP contribution >= 0.6 is 0 Å². The molecule has 4 unspecified atom stereocenters. The highest BCUT2D eigenvalue weighted by Crippen LogP contribution is 2.42. The minimum atomic E-state index is 0.149. The molecule has 3 saturated carbocycles. The number of amides is 2. The predicted molar refractivity (Wildman–Crippen MR) is 101 cm³/mol. The first-order chi connectivity index (χ1) is 13.0. The normalized spacial score (nSPS) is 40.1. The SMILES string of the molecule is C[C@H]1CN(C(=O)C2CC2)C2CC(C3CN(C)NN3)CCC2N1C(=O)C1CC1. The zero-order valence-electron chi connectivity index (χ0n) is 16.6. The van der Waals surface area contributed by atoms with Gasteiger partial charge >= 0.3 is 0 Å². The zero-order chi connectivity index (χ0) is 18.7. The van der Waals surface area contributed by atoms with Crippen molar-refractivity contribution >= 4 is 11.8 Å². The molecule has 0 aromatic rings. The van der Waals surface area contributed by atoms with Crippen LogP contribution in [0.4, 0.5) is 0 Å². The number of carbonyl (C=O) groups excluding carboxylic acids is 2. The molecule has 0 spiro atoms. The van der Waals surface area contributed by atoms with Crippen molar-refractivity contribution in [2.45, 2.75) is 76.0 Å². The standard InChI is InChI=1S/C20H33N5O2/c1-12-10-24(19(26)13-3-4-13)18-9-15(16-11-23(2)22-21-16)7-8-17(18)25(12)20(27)14-5-6-14/h12-18,21-22H,3-11H2,1-2H3/t12-,15?,16?,17?,18?/m0/s1. The summed E-state index contributed by atoms with van der Waals surface area (Å²) in [4.78, 5) is 30.5. The maximum absolute atomic E-state index is 13.0. The Bertz CT molecular complexity index is 619. The summed E-state index contributed by atoms with van der Waals surface area (Å²) < 4.78 is 0. The Morgan fingerprint density at radius 3 is 2.22 bits per heavy atom. The molecule has 2 aliphatic heterocycles. The van der Waals surface area contributed by atoms with E-state index in [-0.39, 0.29) is 30.0 Å². The fraction of sp³-hybridized carbons (Fsp3) is 0.900. The molecule has 2 saturated heterocycles. The highest BCUT2D eigenvalue weighted by molar-refractivity contribution is 5.84. The highest BCUT2D eigenvalue weighted by atomic mass is 16.2. The van der Waals surface area contributed by atoms with Crippen LogP contribution in [0.25, 0.3) is 0 Å². The average Bonchev–Trinajstić information content (AvgIpc) is 3.57. The first-order valence-electron chi connectivity index (χ1n) is 10.9. The van der Waals surface area contributed by atoms with Crippen LogP contribution in [0.3, 0.4) is 0 Å². The molecule has 5 fully saturated rings. The first kappa shape index (κ1) is 17.9. The molecule has 7 nitrogen and oxygen atoms in total. The molecule has 0 aromatic carbocycles. The number of likely N-dealkylation sites (N-methyl/N-ethyl adjacent to an activating group) is 1. The molecule has 27 heavy (non-hydrogen) atoms. The van der Waals surface area contributed by atoms with Crippen molar-refractivity contribution in [1.29, 1.82) is 0 Å². The minimum Gasteiger partial charge on any atom is -0.335 e. The van der Waals surface area contributed by atoms with Crippen LogP contribution in [0.15, 0.2) is 0 Å². The van der Waals surface area contributed by atoms with Crippen molar-refractivity contribution in [3.8, 4) is 0 Å². The summed E-state index contributed by atoms with van der Waals surface area (Å²) in [5.41, 5.74) is 6.61. The molecule has 2 N–H and O–H groups in total. The van der Waals surface area contributed by atoms with Gasteiger partial charge in [0, 0.05) is 44.1 Å². The third-order valence-corrected chi connectivity index (χ3v) is 7.39. The van der Waals surface area contributed by atoms with Gasteiger partial charge in [-0.05, 0) is 57.8 Å². The Morgan fingerprint density at radius 2 is 1.59 bits per heavy atom.